The smallest absolute Gasteiger partial charge is 0.275 e. The lowest BCUT2D eigenvalue weighted by atomic mass is 10.1. The molecule has 20 heavy (non-hydrogen) atoms. The van der Waals surface area contributed by atoms with E-state index >= 15 is 0 Å². The number of thiazole rings is 1. The highest BCUT2D eigenvalue weighted by Crippen LogP contribution is 2.16. The van der Waals surface area contributed by atoms with Gasteiger partial charge in [-0.15, -0.1) is 11.3 Å². The van der Waals surface area contributed by atoms with Crippen LogP contribution in [-0.4, -0.2) is 22.6 Å². The van der Waals surface area contributed by atoms with Crippen molar-refractivity contribution in [1.29, 1.82) is 0 Å². The van der Waals surface area contributed by atoms with Gasteiger partial charge < -0.3 is 10.4 Å². The highest BCUT2D eigenvalue weighted by molar-refractivity contribution is 7.09. The maximum absolute atomic E-state index is 12.1. The van der Waals surface area contributed by atoms with Gasteiger partial charge in [0, 0.05) is 17.4 Å². The van der Waals surface area contributed by atoms with Gasteiger partial charge in [-0.3, -0.25) is 4.79 Å². The molecular weight excluding hydrogens is 272 g/mol. The van der Waals surface area contributed by atoms with Gasteiger partial charge in [0.05, 0.1) is 17.3 Å². The van der Waals surface area contributed by atoms with Gasteiger partial charge in [0.15, 0.2) is 0 Å². The van der Waals surface area contributed by atoms with Crippen molar-refractivity contribution in [1.82, 2.24) is 4.98 Å². The summed E-state index contributed by atoms with van der Waals surface area (Å²) < 4.78 is 0. The fourth-order valence-corrected chi connectivity index (χ4v) is 2.16. The Morgan fingerprint density at radius 1 is 1.45 bits per heavy atom. The van der Waals surface area contributed by atoms with Crippen LogP contribution in [0.1, 0.15) is 27.5 Å². The fourth-order valence-electron chi connectivity index (χ4n) is 1.57. The summed E-state index contributed by atoms with van der Waals surface area (Å²) in [5.74, 6) is 5.53. The summed E-state index contributed by atoms with van der Waals surface area (Å²) in [6.07, 6.45) is 0.410. The molecule has 0 saturated carbocycles. The van der Waals surface area contributed by atoms with Crippen molar-refractivity contribution in [2.75, 3.05) is 11.9 Å². The summed E-state index contributed by atoms with van der Waals surface area (Å²) >= 11 is 1.44. The number of hydrogen-bond acceptors (Lipinski definition) is 4. The summed E-state index contributed by atoms with van der Waals surface area (Å²) in [7, 11) is 0. The average molecular weight is 286 g/mol. The van der Waals surface area contributed by atoms with Crippen LogP contribution in [0, 0.1) is 18.8 Å². The fraction of sp³-hybridized carbons (Fsp3) is 0.200. The Morgan fingerprint density at radius 2 is 2.25 bits per heavy atom. The molecule has 2 N–H and O–H groups in total. The summed E-state index contributed by atoms with van der Waals surface area (Å²) in [4.78, 5) is 16.2. The molecule has 0 atom stereocenters. The number of anilines is 1. The van der Waals surface area contributed by atoms with Crippen LogP contribution in [0.4, 0.5) is 5.69 Å². The zero-order valence-electron chi connectivity index (χ0n) is 11.0. The molecule has 0 bridgehead atoms. The first-order valence-corrected chi connectivity index (χ1v) is 7.01. The third-order valence-electron chi connectivity index (χ3n) is 2.49. The number of carbonyl (C=O) groups is 1. The van der Waals surface area contributed by atoms with E-state index in [2.05, 4.69) is 22.1 Å². The van der Waals surface area contributed by atoms with E-state index in [1.165, 1.54) is 11.3 Å². The number of aryl methyl sites for hydroxylation is 1. The number of hydrogen-bond donors (Lipinski definition) is 2. The molecule has 0 aliphatic heterocycles. The number of nitrogens with zero attached hydrogens (tertiary/aromatic N) is 1. The molecule has 0 aliphatic rings. The first kappa shape index (κ1) is 14.3. The molecule has 1 aromatic heterocycles. The molecule has 1 amide bonds. The van der Waals surface area contributed by atoms with Gasteiger partial charge in [0.2, 0.25) is 0 Å². The first-order chi connectivity index (χ1) is 9.70. The summed E-state index contributed by atoms with van der Waals surface area (Å²) in [5, 5.41) is 14.1. The van der Waals surface area contributed by atoms with E-state index in [1.807, 2.05) is 25.1 Å². The maximum atomic E-state index is 12.1. The average Bonchev–Trinajstić information content (AvgIpc) is 2.88. The van der Waals surface area contributed by atoms with Crippen LogP contribution < -0.4 is 5.32 Å². The standard InChI is InChI=1S/C15H14N2O2S/c1-11-16-14(10-20-11)15(19)17-13-8-3-2-6-12(13)7-4-5-9-18/h2-3,6,8,10,18H,5,9H2,1H3,(H,17,19). The van der Waals surface area contributed by atoms with E-state index in [4.69, 9.17) is 5.11 Å². The van der Waals surface area contributed by atoms with Gasteiger partial charge in [0.25, 0.3) is 5.91 Å². The summed E-state index contributed by atoms with van der Waals surface area (Å²) in [6, 6.07) is 7.30. The molecule has 0 fully saturated rings. The normalized spacial score (nSPS) is 9.70. The Bertz CT molecular complexity index is 668. The summed E-state index contributed by atoms with van der Waals surface area (Å²) in [6.45, 7) is 1.88. The number of aliphatic hydroxyl groups is 1. The van der Waals surface area contributed by atoms with Crippen LogP contribution >= 0.6 is 11.3 Å². The highest BCUT2D eigenvalue weighted by atomic mass is 32.1. The molecule has 2 aromatic rings. The molecule has 1 aromatic carbocycles. The van der Waals surface area contributed by atoms with Crippen molar-refractivity contribution in [3.8, 4) is 11.8 Å². The molecule has 0 spiro atoms. The SMILES string of the molecule is Cc1nc(C(=O)Nc2ccccc2C#CCCO)cs1. The predicted molar refractivity (Wildman–Crippen MR) is 79.8 cm³/mol. The second kappa shape index (κ2) is 6.85. The molecule has 0 radical (unpaired) electrons. The minimum atomic E-state index is -0.245. The van der Waals surface area contributed by atoms with Crippen LogP contribution in [0.3, 0.4) is 0 Å². The predicted octanol–water partition coefficient (Wildman–Crippen LogP) is 2.44. The van der Waals surface area contributed by atoms with Crippen molar-refractivity contribution in [2.45, 2.75) is 13.3 Å². The van der Waals surface area contributed by atoms with Crippen LogP contribution in [0.25, 0.3) is 0 Å². The number of amides is 1. The zero-order chi connectivity index (χ0) is 14.4. The second-order valence-electron chi connectivity index (χ2n) is 4.03. The Hall–Kier alpha value is -2.16. The second-order valence-corrected chi connectivity index (χ2v) is 5.09. The van der Waals surface area contributed by atoms with Crippen molar-refractivity contribution < 1.29 is 9.90 Å². The Morgan fingerprint density at radius 3 is 2.95 bits per heavy atom. The molecular formula is C15H14N2O2S. The quantitative estimate of drug-likeness (QED) is 0.852. The van der Waals surface area contributed by atoms with Crippen LogP contribution in [-0.2, 0) is 0 Å². The Kier molecular flexibility index (Phi) is 4.88. The third kappa shape index (κ3) is 3.67. The van der Waals surface area contributed by atoms with Gasteiger partial charge in [-0.05, 0) is 19.1 Å². The van der Waals surface area contributed by atoms with Crippen molar-refractivity contribution in [2.24, 2.45) is 0 Å². The van der Waals surface area contributed by atoms with E-state index < -0.39 is 0 Å². The lowest BCUT2D eigenvalue weighted by Gasteiger charge is -2.05. The van der Waals surface area contributed by atoms with Gasteiger partial charge in [-0.2, -0.15) is 0 Å². The molecule has 4 nitrogen and oxygen atoms in total. The van der Waals surface area contributed by atoms with Crippen molar-refractivity contribution in [3.63, 3.8) is 0 Å². The molecule has 0 aliphatic carbocycles. The van der Waals surface area contributed by atoms with Crippen LogP contribution in [0.15, 0.2) is 29.6 Å². The van der Waals surface area contributed by atoms with Crippen molar-refractivity contribution >= 4 is 22.9 Å². The number of aliphatic hydroxyl groups excluding tert-OH is 1. The lowest BCUT2D eigenvalue weighted by molar-refractivity contribution is 0.102. The topological polar surface area (TPSA) is 62.2 Å². The van der Waals surface area contributed by atoms with Crippen LogP contribution in [0.2, 0.25) is 0 Å². The van der Waals surface area contributed by atoms with Crippen molar-refractivity contribution in [3.05, 3.63) is 45.9 Å². The van der Waals surface area contributed by atoms with E-state index in [-0.39, 0.29) is 12.5 Å². The maximum Gasteiger partial charge on any atom is 0.275 e. The van der Waals surface area contributed by atoms with Gasteiger partial charge >= 0.3 is 0 Å². The molecule has 1 heterocycles. The Balaban J connectivity index is 2.17. The number of rotatable bonds is 3. The number of carbonyl (C=O) groups excluding carboxylic acids is 1. The van der Waals surface area contributed by atoms with E-state index in [9.17, 15) is 4.79 Å². The minimum absolute atomic E-state index is 0.0274. The third-order valence-corrected chi connectivity index (χ3v) is 3.26. The minimum Gasteiger partial charge on any atom is -0.395 e. The number of para-hydroxylation sites is 1. The largest absolute Gasteiger partial charge is 0.395 e. The first-order valence-electron chi connectivity index (χ1n) is 6.13. The highest BCUT2D eigenvalue weighted by Gasteiger charge is 2.10. The molecule has 102 valence electrons. The zero-order valence-corrected chi connectivity index (χ0v) is 11.8. The van der Waals surface area contributed by atoms with E-state index in [0.717, 1.165) is 10.6 Å². The number of aromatic nitrogens is 1. The lowest BCUT2D eigenvalue weighted by Crippen LogP contribution is -2.13. The Labute approximate surface area is 121 Å². The molecule has 0 saturated heterocycles. The summed E-state index contributed by atoms with van der Waals surface area (Å²) in [5.41, 5.74) is 1.78. The van der Waals surface area contributed by atoms with Crippen LogP contribution in [0.5, 0.6) is 0 Å². The van der Waals surface area contributed by atoms with Gasteiger partial charge in [-0.1, -0.05) is 24.0 Å². The molecule has 0 unspecified atom stereocenters. The van der Waals surface area contributed by atoms with E-state index in [1.54, 1.807) is 11.4 Å². The molecule has 2 rings (SSSR count). The number of benzene rings is 1. The number of nitrogens with one attached hydrogen (secondary N) is 1. The van der Waals surface area contributed by atoms with Gasteiger partial charge in [0.1, 0.15) is 5.69 Å². The monoisotopic (exact) mass is 286 g/mol. The molecule has 5 heteroatoms. The van der Waals surface area contributed by atoms with E-state index in [0.29, 0.717) is 17.8 Å². The van der Waals surface area contributed by atoms with Gasteiger partial charge in [-0.25, -0.2) is 4.98 Å².